The van der Waals surface area contributed by atoms with Gasteiger partial charge in [0.15, 0.2) is 0 Å². The maximum atomic E-state index is 14.3. The van der Waals surface area contributed by atoms with Crippen LogP contribution in [0.15, 0.2) is 78.9 Å². The molecule has 2 aliphatic rings. The molecule has 0 unspecified atom stereocenters. The lowest BCUT2D eigenvalue weighted by molar-refractivity contribution is 0.0591. The van der Waals surface area contributed by atoms with Crippen molar-refractivity contribution in [2.24, 2.45) is 5.92 Å². The number of rotatable bonds is 9. The van der Waals surface area contributed by atoms with Crippen molar-refractivity contribution in [2.45, 2.75) is 51.6 Å². The number of nitrogens with zero attached hydrogens (tertiary/aromatic N) is 3. The fourth-order valence-electron chi connectivity index (χ4n) is 6.84. The lowest BCUT2D eigenvalue weighted by Crippen LogP contribution is -2.53. The van der Waals surface area contributed by atoms with E-state index < -0.39 is 11.9 Å². The van der Waals surface area contributed by atoms with Crippen molar-refractivity contribution in [1.29, 1.82) is 0 Å². The fourth-order valence-corrected chi connectivity index (χ4v) is 6.84. The van der Waals surface area contributed by atoms with Gasteiger partial charge in [0.25, 0.3) is 11.8 Å². The van der Waals surface area contributed by atoms with Crippen molar-refractivity contribution in [3.8, 4) is 11.3 Å². The van der Waals surface area contributed by atoms with Crippen LogP contribution in [-0.4, -0.2) is 70.0 Å². The van der Waals surface area contributed by atoms with Crippen molar-refractivity contribution < 1.29 is 19.5 Å². The van der Waals surface area contributed by atoms with Gasteiger partial charge in [0, 0.05) is 55.3 Å². The number of fused-ring (bicyclic) bond motifs is 1. The summed E-state index contributed by atoms with van der Waals surface area (Å²) in [6, 6.07) is 24.2. The van der Waals surface area contributed by atoms with Crippen molar-refractivity contribution >= 4 is 28.7 Å². The molecule has 0 radical (unpaired) electrons. The van der Waals surface area contributed by atoms with Crippen LogP contribution < -0.4 is 10.7 Å². The van der Waals surface area contributed by atoms with E-state index in [4.69, 9.17) is 4.98 Å². The van der Waals surface area contributed by atoms with Gasteiger partial charge >= 0.3 is 5.97 Å². The zero-order chi connectivity index (χ0) is 32.0. The van der Waals surface area contributed by atoms with Gasteiger partial charge in [0.1, 0.15) is 0 Å². The van der Waals surface area contributed by atoms with Gasteiger partial charge in [-0.1, -0.05) is 79.9 Å². The molecule has 1 aromatic heterocycles. The van der Waals surface area contributed by atoms with E-state index in [9.17, 15) is 19.5 Å². The number of amides is 2. The first-order valence-electron chi connectivity index (χ1n) is 16.3. The van der Waals surface area contributed by atoms with Gasteiger partial charge in [-0.05, 0) is 43.9 Å². The number of hydrogen-bond donors (Lipinski definition) is 3. The van der Waals surface area contributed by atoms with Crippen LogP contribution >= 0.6 is 0 Å². The van der Waals surface area contributed by atoms with Crippen LogP contribution in [0, 0.1) is 5.92 Å². The monoisotopic (exact) mass is 619 g/mol. The van der Waals surface area contributed by atoms with Crippen LogP contribution in [0.4, 0.5) is 0 Å². The SMILES string of the molecule is C[C@H](NC(=O)c1c(CN2CCN(NC(=O)c3ccccc3C(=O)O)CC2)c(-c2ccccc2)nc2ccccc12)C1CCCCC1. The number of carboxylic acids is 1. The number of piperazine rings is 1. The van der Waals surface area contributed by atoms with E-state index in [1.165, 1.54) is 31.4 Å². The molecule has 2 fully saturated rings. The number of aromatic carboxylic acids is 1. The summed E-state index contributed by atoms with van der Waals surface area (Å²) in [5.74, 6) is -1.16. The van der Waals surface area contributed by atoms with E-state index in [2.05, 4.69) is 22.6 Å². The van der Waals surface area contributed by atoms with Crippen molar-refractivity contribution in [2.75, 3.05) is 26.2 Å². The van der Waals surface area contributed by atoms with Crippen LogP contribution in [0.2, 0.25) is 0 Å². The largest absolute Gasteiger partial charge is 0.478 e. The Morgan fingerprint density at radius 2 is 1.48 bits per heavy atom. The van der Waals surface area contributed by atoms with E-state index in [1.54, 1.807) is 12.1 Å². The highest BCUT2D eigenvalue weighted by Crippen LogP contribution is 2.33. The highest BCUT2D eigenvalue weighted by Gasteiger charge is 2.28. The molecule has 2 amide bonds. The summed E-state index contributed by atoms with van der Waals surface area (Å²) in [7, 11) is 0. The molecule has 46 heavy (non-hydrogen) atoms. The van der Waals surface area contributed by atoms with E-state index in [-0.39, 0.29) is 23.1 Å². The molecule has 1 saturated heterocycles. The number of carbonyl (C=O) groups excluding carboxylic acids is 2. The number of carbonyl (C=O) groups is 3. The van der Waals surface area contributed by atoms with Gasteiger partial charge in [0.05, 0.1) is 27.9 Å². The minimum absolute atomic E-state index is 0.0282. The molecule has 9 nitrogen and oxygen atoms in total. The molecule has 0 spiro atoms. The topological polar surface area (TPSA) is 115 Å². The van der Waals surface area contributed by atoms with Crippen LogP contribution in [0.3, 0.4) is 0 Å². The third-order valence-corrected chi connectivity index (χ3v) is 9.40. The number of hydrogen-bond acceptors (Lipinski definition) is 6. The summed E-state index contributed by atoms with van der Waals surface area (Å²) in [5.41, 5.74) is 7.10. The summed E-state index contributed by atoms with van der Waals surface area (Å²) < 4.78 is 0. The molecule has 0 bridgehead atoms. The Balaban J connectivity index is 1.26. The van der Waals surface area contributed by atoms with E-state index in [1.807, 2.05) is 59.6 Å². The molecular weight excluding hydrogens is 578 g/mol. The molecule has 1 saturated carbocycles. The third-order valence-electron chi connectivity index (χ3n) is 9.40. The number of benzene rings is 3. The summed E-state index contributed by atoms with van der Waals surface area (Å²) >= 11 is 0. The van der Waals surface area contributed by atoms with Crippen molar-refractivity contribution in [1.82, 2.24) is 25.6 Å². The maximum Gasteiger partial charge on any atom is 0.336 e. The summed E-state index contributed by atoms with van der Waals surface area (Å²) in [4.78, 5) is 46.3. The lowest BCUT2D eigenvalue weighted by atomic mass is 9.84. The Bertz CT molecular complexity index is 1710. The minimum Gasteiger partial charge on any atom is -0.478 e. The van der Waals surface area contributed by atoms with E-state index in [0.29, 0.717) is 44.2 Å². The second-order valence-electron chi connectivity index (χ2n) is 12.4. The molecule has 6 rings (SSSR count). The number of para-hydroxylation sites is 1. The van der Waals surface area contributed by atoms with Gasteiger partial charge in [-0.15, -0.1) is 0 Å². The fraction of sp³-hybridized carbons (Fsp3) is 0.351. The molecular formula is C37H41N5O4. The van der Waals surface area contributed by atoms with Crippen LogP contribution in [0.25, 0.3) is 22.2 Å². The summed E-state index contributed by atoms with van der Waals surface area (Å²) in [6.07, 6.45) is 5.98. The number of pyridine rings is 1. The first-order valence-corrected chi connectivity index (χ1v) is 16.3. The molecule has 9 heteroatoms. The molecule has 1 aliphatic heterocycles. The van der Waals surface area contributed by atoms with Crippen molar-refractivity contribution in [3.05, 3.63) is 101 Å². The minimum atomic E-state index is -1.14. The molecule has 2 heterocycles. The Kier molecular flexibility index (Phi) is 9.71. The second-order valence-corrected chi connectivity index (χ2v) is 12.4. The third kappa shape index (κ3) is 6.95. The predicted molar refractivity (Wildman–Crippen MR) is 178 cm³/mol. The Hall–Kier alpha value is -4.60. The number of nitrogens with one attached hydrogen (secondary N) is 2. The van der Waals surface area contributed by atoms with Gasteiger partial charge in [0.2, 0.25) is 0 Å². The highest BCUT2D eigenvalue weighted by atomic mass is 16.4. The molecule has 238 valence electrons. The first-order chi connectivity index (χ1) is 22.4. The average Bonchev–Trinajstić information content (AvgIpc) is 3.09. The average molecular weight is 620 g/mol. The smallest absolute Gasteiger partial charge is 0.336 e. The second kappa shape index (κ2) is 14.2. The number of aromatic nitrogens is 1. The first kappa shape index (κ1) is 31.4. The Morgan fingerprint density at radius 3 is 2.20 bits per heavy atom. The molecule has 1 atom stereocenters. The van der Waals surface area contributed by atoms with E-state index in [0.717, 1.165) is 40.6 Å². The number of hydrazine groups is 1. The normalized spacial score (nSPS) is 17.0. The molecule has 4 aromatic rings. The zero-order valence-electron chi connectivity index (χ0n) is 26.2. The standard InChI is InChI=1S/C37H41N5O4/c1-25(26-12-4-2-5-13-26)38-36(44)33-30-18-10-11-19-32(30)39-34(27-14-6-3-7-15-27)31(33)24-41-20-22-42(23-21-41)40-35(43)28-16-8-9-17-29(28)37(45)46/h3,6-11,14-19,25-26H,2,4-5,12-13,20-24H2,1H3,(H,38,44)(H,40,43)(H,45,46)/t25-/m0/s1. The molecule has 3 aromatic carbocycles. The molecule has 3 N–H and O–H groups in total. The van der Waals surface area contributed by atoms with Crippen LogP contribution in [0.5, 0.6) is 0 Å². The lowest BCUT2D eigenvalue weighted by Gasteiger charge is -2.35. The van der Waals surface area contributed by atoms with Crippen molar-refractivity contribution in [3.63, 3.8) is 0 Å². The summed E-state index contributed by atoms with van der Waals surface area (Å²) in [6.45, 7) is 5.03. The predicted octanol–water partition coefficient (Wildman–Crippen LogP) is 5.76. The highest BCUT2D eigenvalue weighted by molar-refractivity contribution is 6.09. The van der Waals surface area contributed by atoms with Crippen LogP contribution in [-0.2, 0) is 6.54 Å². The maximum absolute atomic E-state index is 14.3. The Labute approximate surface area is 269 Å². The van der Waals surface area contributed by atoms with E-state index >= 15 is 0 Å². The zero-order valence-corrected chi connectivity index (χ0v) is 26.2. The van der Waals surface area contributed by atoms with Gasteiger partial charge in [-0.2, -0.15) is 0 Å². The van der Waals surface area contributed by atoms with Gasteiger partial charge < -0.3 is 10.4 Å². The van der Waals surface area contributed by atoms with Gasteiger partial charge in [-0.3, -0.25) is 19.9 Å². The number of carboxylic acid groups (broad SMARTS) is 1. The Morgan fingerprint density at radius 1 is 0.826 bits per heavy atom. The quantitative estimate of drug-likeness (QED) is 0.218. The van der Waals surface area contributed by atoms with Crippen LogP contribution in [0.1, 0.15) is 75.7 Å². The molecule has 1 aliphatic carbocycles. The van der Waals surface area contributed by atoms with Gasteiger partial charge in [-0.25, -0.2) is 14.8 Å². The summed E-state index contributed by atoms with van der Waals surface area (Å²) in [5, 5.41) is 15.6.